The van der Waals surface area contributed by atoms with Crippen LogP contribution < -0.4 is 10.2 Å². The van der Waals surface area contributed by atoms with Crippen LogP contribution in [0.4, 0.5) is 14.9 Å². The molecule has 2 aliphatic rings. The van der Waals surface area contributed by atoms with Crippen molar-refractivity contribution in [1.82, 2.24) is 10.2 Å². The molecular formula is C18H24FN3O2. The van der Waals surface area contributed by atoms with Crippen LogP contribution in [-0.2, 0) is 4.79 Å². The van der Waals surface area contributed by atoms with Gasteiger partial charge in [0, 0.05) is 19.1 Å². The van der Waals surface area contributed by atoms with Gasteiger partial charge in [0.15, 0.2) is 0 Å². The summed E-state index contributed by atoms with van der Waals surface area (Å²) in [4.78, 5) is 27.6. The molecule has 130 valence electrons. The number of urea groups is 1. The summed E-state index contributed by atoms with van der Waals surface area (Å²) < 4.78 is 13.9. The summed E-state index contributed by atoms with van der Waals surface area (Å²) in [6.45, 7) is 0.877. The van der Waals surface area contributed by atoms with E-state index in [9.17, 15) is 14.0 Å². The Bertz CT molecular complexity index is 600. The predicted octanol–water partition coefficient (Wildman–Crippen LogP) is 2.91. The normalized spacial score (nSPS) is 19.5. The van der Waals surface area contributed by atoms with Crippen LogP contribution in [0.3, 0.4) is 0 Å². The largest absolute Gasteiger partial charge is 0.352 e. The molecule has 0 atom stereocenters. The van der Waals surface area contributed by atoms with Crippen LogP contribution in [0.1, 0.15) is 38.5 Å². The minimum absolute atomic E-state index is 0.0420. The number of carbonyl (C=O) groups excluding carboxylic acids is 2. The monoisotopic (exact) mass is 333 g/mol. The first-order valence-corrected chi connectivity index (χ1v) is 8.75. The minimum atomic E-state index is -0.421. The van der Waals surface area contributed by atoms with Crippen LogP contribution in [0.5, 0.6) is 0 Å². The number of halogens is 1. The maximum atomic E-state index is 13.9. The van der Waals surface area contributed by atoms with E-state index < -0.39 is 5.82 Å². The Kier molecular flexibility index (Phi) is 5.33. The van der Waals surface area contributed by atoms with Crippen molar-refractivity contribution in [3.63, 3.8) is 0 Å². The molecule has 1 N–H and O–H groups in total. The van der Waals surface area contributed by atoms with Crippen molar-refractivity contribution < 1.29 is 14.0 Å². The van der Waals surface area contributed by atoms with E-state index in [1.807, 2.05) is 0 Å². The van der Waals surface area contributed by atoms with Crippen LogP contribution in [0.25, 0.3) is 0 Å². The van der Waals surface area contributed by atoms with Gasteiger partial charge in [0.2, 0.25) is 5.91 Å². The third kappa shape index (κ3) is 3.86. The van der Waals surface area contributed by atoms with Crippen molar-refractivity contribution in [2.45, 2.75) is 44.6 Å². The van der Waals surface area contributed by atoms with Gasteiger partial charge in [-0.05, 0) is 25.0 Å². The van der Waals surface area contributed by atoms with Gasteiger partial charge in [-0.15, -0.1) is 0 Å². The lowest BCUT2D eigenvalue weighted by Crippen LogP contribution is -2.43. The third-order valence-corrected chi connectivity index (χ3v) is 4.79. The SMILES string of the molecule is O=C(CN1CCN(c2ccccc2F)C1=O)NC1CCCCCC1. The van der Waals surface area contributed by atoms with E-state index in [1.165, 1.54) is 28.7 Å². The number of rotatable bonds is 4. The van der Waals surface area contributed by atoms with E-state index >= 15 is 0 Å². The molecule has 0 radical (unpaired) electrons. The molecule has 0 unspecified atom stereocenters. The van der Waals surface area contributed by atoms with Crippen LogP contribution in [0.2, 0.25) is 0 Å². The fourth-order valence-corrected chi connectivity index (χ4v) is 3.49. The Morgan fingerprint density at radius 2 is 1.83 bits per heavy atom. The van der Waals surface area contributed by atoms with Crippen LogP contribution in [0.15, 0.2) is 24.3 Å². The van der Waals surface area contributed by atoms with Gasteiger partial charge >= 0.3 is 6.03 Å². The van der Waals surface area contributed by atoms with Gasteiger partial charge in [-0.2, -0.15) is 0 Å². The second kappa shape index (κ2) is 7.64. The number of nitrogens with one attached hydrogen (secondary N) is 1. The van der Waals surface area contributed by atoms with Crippen LogP contribution in [-0.4, -0.2) is 42.5 Å². The highest BCUT2D eigenvalue weighted by Crippen LogP contribution is 2.23. The summed E-state index contributed by atoms with van der Waals surface area (Å²) >= 11 is 0. The van der Waals surface area contributed by atoms with Gasteiger partial charge in [-0.1, -0.05) is 37.8 Å². The van der Waals surface area contributed by atoms with E-state index in [4.69, 9.17) is 0 Å². The van der Waals surface area contributed by atoms with Crippen LogP contribution in [0, 0.1) is 5.82 Å². The molecule has 1 aliphatic carbocycles. The first kappa shape index (κ1) is 16.7. The molecule has 5 nitrogen and oxygen atoms in total. The summed E-state index contributed by atoms with van der Waals surface area (Å²) in [5.74, 6) is -0.541. The quantitative estimate of drug-likeness (QED) is 0.862. The maximum Gasteiger partial charge on any atom is 0.325 e. The van der Waals surface area contributed by atoms with Gasteiger partial charge in [-0.3, -0.25) is 9.69 Å². The summed E-state index contributed by atoms with van der Waals surface area (Å²) in [5.41, 5.74) is 0.272. The van der Waals surface area contributed by atoms with Gasteiger partial charge in [0.1, 0.15) is 12.4 Å². The molecule has 3 amide bonds. The lowest BCUT2D eigenvalue weighted by atomic mass is 10.1. The van der Waals surface area contributed by atoms with Crippen molar-refractivity contribution >= 4 is 17.6 Å². The molecular weight excluding hydrogens is 309 g/mol. The number of carbonyl (C=O) groups is 2. The predicted molar refractivity (Wildman–Crippen MR) is 90.3 cm³/mol. The topological polar surface area (TPSA) is 52.7 Å². The molecule has 3 rings (SSSR count). The van der Waals surface area contributed by atoms with Gasteiger partial charge in [-0.25, -0.2) is 9.18 Å². The van der Waals surface area contributed by atoms with Crippen molar-refractivity contribution in [2.24, 2.45) is 0 Å². The Morgan fingerprint density at radius 1 is 1.12 bits per heavy atom. The number of amides is 3. The number of anilines is 1. The highest BCUT2D eigenvalue weighted by Gasteiger charge is 2.32. The fraction of sp³-hybridized carbons (Fsp3) is 0.556. The van der Waals surface area contributed by atoms with Crippen molar-refractivity contribution in [3.05, 3.63) is 30.1 Å². The molecule has 0 bridgehead atoms. The maximum absolute atomic E-state index is 13.9. The molecule has 1 saturated carbocycles. The lowest BCUT2D eigenvalue weighted by Gasteiger charge is -2.21. The molecule has 1 saturated heterocycles. The average molecular weight is 333 g/mol. The summed E-state index contributed by atoms with van der Waals surface area (Å²) in [7, 11) is 0. The Labute approximate surface area is 141 Å². The first-order valence-electron chi connectivity index (χ1n) is 8.75. The lowest BCUT2D eigenvalue weighted by molar-refractivity contribution is -0.122. The molecule has 1 heterocycles. The zero-order chi connectivity index (χ0) is 16.9. The van der Waals surface area contributed by atoms with E-state index in [-0.39, 0.29) is 30.2 Å². The highest BCUT2D eigenvalue weighted by molar-refractivity contribution is 5.96. The standard InChI is InChI=1S/C18H24FN3O2/c19-15-9-5-6-10-16(15)22-12-11-21(18(22)24)13-17(23)20-14-7-3-1-2-4-8-14/h5-6,9-10,14H,1-4,7-8,11-13H2,(H,20,23). The molecule has 2 fully saturated rings. The Hall–Kier alpha value is -2.11. The van der Waals surface area contributed by atoms with Gasteiger partial charge < -0.3 is 10.2 Å². The van der Waals surface area contributed by atoms with E-state index in [0.29, 0.717) is 13.1 Å². The number of hydrogen-bond acceptors (Lipinski definition) is 2. The van der Waals surface area contributed by atoms with Crippen molar-refractivity contribution in [1.29, 1.82) is 0 Å². The molecule has 0 spiro atoms. The van der Waals surface area contributed by atoms with Crippen LogP contribution >= 0.6 is 0 Å². The van der Waals surface area contributed by atoms with Gasteiger partial charge in [0.25, 0.3) is 0 Å². The molecule has 0 aromatic heterocycles. The zero-order valence-electron chi connectivity index (χ0n) is 13.8. The Balaban J connectivity index is 1.55. The molecule has 1 aromatic rings. The van der Waals surface area contributed by atoms with Gasteiger partial charge in [0.05, 0.1) is 5.69 Å². The molecule has 1 aliphatic heterocycles. The second-order valence-corrected chi connectivity index (χ2v) is 6.56. The van der Waals surface area contributed by atoms with E-state index in [2.05, 4.69) is 5.32 Å². The number of para-hydroxylation sites is 1. The van der Waals surface area contributed by atoms with Crippen molar-refractivity contribution in [2.75, 3.05) is 24.5 Å². The number of nitrogens with zero attached hydrogens (tertiary/aromatic N) is 2. The smallest absolute Gasteiger partial charge is 0.325 e. The Morgan fingerprint density at radius 3 is 2.54 bits per heavy atom. The summed E-state index contributed by atoms with van der Waals surface area (Å²) in [5, 5.41) is 3.05. The van der Waals surface area contributed by atoms with E-state index in [0.717, 1.165) is 25.7 Å². The minimum Gasteiger partial charge on any atom is -0.352 e. The molecule has 6 heteroatoms. The zero-order valence-corrected chi connectivity index (χ0v) is 13.8. The van der Waals surface area contributed by atoms with Crippen molar-refractivity contribution in [3.8, 4) is 0 Å². The number of hydrogen-bond donors (Lipinski definition) is 1. The number of benzene rings is 1. The molecule has 24 heavy (non-hydrogen) atoms. The first-order chi connectivity index (χ1) is 11.6. The van der Waals surface area contributed by atoms with E-state index in [1.54, 1.807) is 18.2 Å². The average Bonchev–Trinajstić information content (AvgIpc) is 2.76. The third-order valence-electron chi connectivity index (χ3n) is 4.79. The fourth-order valence-electron chi connectivity index (χ4n) is 3.49. The molecule has 1 aromatic carbocycles. The second-order valence-electron chi connectivity index (χ2n) is 6.56. The summed E-state index contributed by atoms with van der Waals surface area (Å²) in [6, 6.07) is 6.13. The highest BCUT2D eigenvalue weighted by atomic mass is 19.1. The summed E-state index contributed by atoms with van der Waals surface area (Å²) in [6.07, 6.45) is 6.79.